The van der Waals surface area contributed by atoms with Gasteiger partial charge in [0.2, 0.25) is 0 Å². The number of ether oxygens (including phenoxy) is 1. The van der Waals surface area contributed by atoms with Crippen molar-refractivity contribution < 1.29 is 23.0 Å². The zero-order valence-corrected chi connectivity index (χ0v) is 15.7. The van der Waals surface area contributed by atoms with Gasteiger partial charge >= 0.3 is 6.36 Å². The first-order valence-corrected chi connectivity index (χ1v) is 9.87. The normalized spacial score (nSPS) is 21.9. The van der Waals surface area contributed by atoms with Crippen LogP contribution < -0.4 is 4.74 Å². The second-order valence-corrected chi connectivity index (χ2v) is 7.70. The molecule has 2 saturated heterocycles. The second kappa shape index (κ2) is 8.80. The van der Waals surface area contributed by atoms with Crippen molar-refractivity contribution in [2.24, 2.45) is 0 Å². The Morgan fingerprint density at radius 3 is 2.22 bits per heavy atom. The number of nitrogens with zero attached hydrogens (tertiary/aromatic N) is 2. The summed E-state index contributed by atoms with van der Waals surface area (Å²) in [7, 11) is 0. The molecule has 4 nitrogen and oxygen atoms in total. The highest BCUT2D eigenvalue weighted by molar-refractivity contribution is 5.33. The van der Waals surface area contributed by atoms with E-state index in [0.29, 0.717) is 18.4 Å². The maximum Gasteiger partial charge on any atom is 0.573 e. The smallest absolute Gasteiger partial charge is 0.406 e. The van der Waals surface area contributed by atoms with E-state index in [9.17, 15) is 18.3 Å². The fraction of sp³-hybridized carbons (Fsp3) is 0.700. The Kier molecular flexibility index (Phi) is 6.65. The molecule has 7 heteroatoms. The summed E-state index contributed by atoms with van der Waals surface area (Å²) in [6, 6.07) is 5.74. The van der Waals surface area contributed by atoms with Gasteiger partial charge in [0, 0.05) is 13.1 Å². The molecule has 0 spiro atoms. The van der Waals surface area contributed by atoms with Gasteiger partial charge in [-0.2, -0.15) is 0 Å². The molecule has 0 aromatic heterocycles. The molecule has 2 aliphatic heterocycles. The average molecular weight is 386 g/mol. The first-order valence-electron chi connectivity index (χ1n) is 9.87. The number of piperidine rings is 2. The Labute approximate surface area is 158 Å². The minimum Gasteiger partial charge on any atom is -0.406 e. The van der Waals surface area contributed by atoms with Crippen LogP contribution in [-0.2, 0) is 5.60 Å². The molecule has 0 amide bonds. The lowest BCUT2D eigenvalue weighted by atomic mass is 9.84. The summed E-state index contributed by atoms with van der Waals surface area (Å²) < 4.78 is 41.2. The Hall–Kier alpha value is -1.31. The number of benzene rings is 1. The van der Waals surface area contributed by atoms with Crippen LogP contribution in [0, 0.1) is 0 Å². The van der Waals surface area contributed by atoms with Gasteiger partial charge in [-0.25, -0.2) is 0 Å². The average Bonchev–Trinajstić information content (AvgIpc) is 2.63. The molecule has 0 aliphatic carbocycles. The number of hydrogen-bond acceptors (Lipinski definition) is 4. The monoisotopic (exact) mass is 386 g/mol. The van der Waals surface area contributed by atoms with Crippen molar-refractivity contribution >= 4 is 0 Å². The van der Waals surface area contributed by atoms with Gasteiger partial charge in [0.15, 0.2) is 0 Å². The van der Waals surface area contributed by atoms with Crippen LogP contribution in [0.15, 0.2) is 24.3 Å². The third-order valence-corrected chi connectivity index (χ3v) is 5.69. The molecular formula is C20H29F3N2O2. The first kappa shape index (κ1) is 20.4. The standard InChI is InChI=1S/C20H29F3N2O2/c21-20(22,23)27-18-7-4-6-17(16-18)19(26)8-14-25(15-9-19)13-5-12-24-10-2-1-3-11-24/h4,6-7,16,26H,1-3,5,8-15H2. The molecule has 2 aliphatic rings. The summed E-state index contributed by atoms with van der Waals surface area (Å²) in [4.78, 5) is 4.87. The molecular weight excluding hydrogens is 357 g/mol. The summed E-state index contributed by atoms with van der Waals surface area (Å²) in [6.45, 7) is 6.04. The van der Waals surface area contributed by atoms with Crippen molar-refractivity contribution in [2.45, 2.75) is 50.5 Å². The molecule has 0 atom stereocenters. The number of alkyl halides is 3. The summed E-state index contributed by atoms with van der Waals surface area (Å²) in [5, 5.41) is 10.9. The van der Waals surface area contributed by atoms with E-state index in [-0.39, 0.29) is 5.75 Å². The molecule has 0 radical (unpaired) electrons. The predicted molar refractivity (Wildman–Crippen MR) is 97.6 cm³/mol. The van der Waals surface area contributed by atoms with Crippen LogP contribution in [0.25, 0.3) is 0 Å². The van der Waals surface area contributed by atoms with Crippen LogP contribution in [0.4, 0.5) is 13.2 Å². The molecule has 0 saturated carbocycles. The topological polar surface area (TPSA) is 35.9 Å². The van der Waals surface area contributed by atoms with Crippen molar-refractivity contribution in [3.05, 3.63) is 29.8 Å². The Morgan fingerprint density at radius 2 is 1.59 bits per heavy atom. The van der Waals surface area contributed by atoms with Crippen LogP contribution in [0.5, 0.6) is 5.75 Å². The van der Waals surface area contributed by atoms with Crippen LogP contribution in [0.1, 0.15) is 44.1 Å². The number of hydrogen-bond donors (Lipinski definition) is 1. The van der Waals surface area contributed by atoms with E-state index in [1.807, 2.05) is 0 Å². The van der Waals surface area contributed by atoms with Crippen LogP contribution in [0.2, 0.25) is 0 Å². The highest BCUT2D eigenvalue weighted by atomic mass is 19.4. The Morgan fingerprint density at radius 1 is 0.963 bits per heavy atom. The highest BCUT2D eigenvalue weighted by Gasteiger charge is 2.35. The van der Waals surface area contributed by atoms with Gasteiger partial charge in [0.1, 0.15) is 5.75 Å². The number of aliphatic hydroxyl groups is 1. The number of halogens is 3. The van der Waals surface area contributed by atoms with E-state index >= 15 is 0 Å². The van der Waals surface area contributed by atoms with Gasteiger partial charge in [-0.05, 0) is 76.0 Å². The van der Waals surface area contributed by atoms with E-state index in [1.165, 1.54) is 50.6 Å². The van der Waals surface area contributed by atoms with Crippen molar-refractivity contribution in [3.63, 3.8) is 0 Å². The van der Waals surface area contributed by atoms with Crippen LogP contribution >= 0.6 is 0 Å². The molecule has 2 fully saturated rings. The fourth-order valence-electron chi connectivity index (χ4n) is 4.12. The molecule has 2 heterocycles. The lowest BCUT2D eigenvalue weighted by Crippen LogP contribution is -2.43. The Bertz CT molecular complexity index is 595. The van der Waals surface area contributed by atoms with Gasteiger partial charge < -0.3 is 19.6 Å². The van der Waals surface area contributed by atoms with Gasteiger partial charge in [-0.15, -0.1) is 13.2 Å². The van der Waals surface area contributed by atoms with Gasteiger partial charge in [0.25, 0.3) is 0 Å². The maximum absolute atomic E-state index is 12.4. The summed E-state index contributed by atoms with van der Waals surface area (Å²) >= 11 is 0. The summed E-state index contributed by atoms with van der Waals surface area (Å²) in [5.41, 5.74) is -0.592. The van der Waals surface area contributed by atoms with Crippen molar-refractivity contribution in [3.8, 4) is 5.75 Å². The van der Waals surface area contributed by atoms with Crippen molar-refractivity contribution in [1.29, 1.82) is 0 Å². The molecule has 1 aromatic rings. The molecule has 0 bridgehead atoms. The first-order chi connectivity index (χ1) is 12.8. The van der Waals surface area contributed by atoms with E-state index < -0.39 is 12.0 Å². The minimum atomic E-state index is -4.72. The molecule has 0 unspecified atom stereocenters. The van der Waals surface area contributed by atoms with Gasteiger partial charge in [-0.1, -0.05) is 18.6 Å². The zero-order valence-electron chi connectivity index (χ0n) is 15.7. The van der Waals surface area contributed by atoms with E-state index in [2.05, 4.69) is 14.5 Å². The summed E-state index contributed by atoms with van der Waals surface area (Å²) in [5.74, 6) is -0.280. The van der Waals surface area contributed by atoms with E-state index in [0.717, 1.165) is 32.6 Å². The highest BCUT2D eigenvalue weighted by Crippen LogP contribution is 2.35. The molecule has 1 aromatic carbocycles. The molecule has 152 valence electrons. The van der Waals surface area contributed by atoms with E-state index in [1.54, 1.807) is 6.07 Å². The summed E-state index contributed by atoms with van der Waals surface area (Å²) in [6.07, 6.45) is 1.38. The van der Waals surface area contributed by atoms with Crippen molar-refractivity contribution in [1.82, 2.24) is 9.80 Å². The van der Waals surface area contributed by atoms with Crippen molar-refractivity contribution in [2.75, 3.05) is 39.3 Å². The number of rotatable bonds is 6. The second-order valence-electron chi connectivity index (χ2n) is 7.70. The van der Waals surface area contributed by atoms with Gasteiger partial charge in [0.05, 0.1) is 5.60 Å². The van der Waals surface area contributed by atoms with Crippen LogP contribution in [-0.4, -0.2) is 60.5 Å². The van der Waals surface area contributed by atoms with Gasteiger partial charge in [-0.3, -0.25) is 0 Å². The molecule has 1 N–H and O–H groups in total. The van der Waals surface area contributed by atoms with Crippen LogP contribution in [0.3, 0.4) is 0 Å². The Balaban J connectivity index is 1.47. The fourth-order valence-corrected chi connectivity index (χ4v) is 4.12. The molecule has 3 rings (SSSR count). The molecule has 27 heavy (non-hydrogen) atoms. The zero-order chi connectivity index (χ0) is 19.3. The third-order valence-electron chi connectivity index (χ3n) is 5.69. The minimum absolute atomic E-state index is 0.280. The lowest BCUT2D eigenvalue weighted by Gasteiger charge is -2.39. The lowest BCUT2D eigenvalue weighted by molar-refractivity contribution is -0.274. The third kappa shape index (κ3) is 6.09. The SMILES string of the molecule is OC1(c2cccc(OC(F)(F)F)c2)CCN(CCCN2CCCCC2)CC1. The van der Waals surface area contributed by atoms with E-state index in [4.69, 9.17) is 0 Å². The largest absolute Gasteiger partial charge is 0.573 e. The number of likely N-dealkylation sites (tertiary alicyclic amines) is 2. The maximum atomic E-state index is 12.4. The quantitative estimate of drug-likeness (QED) is 0.808. The predicted octanol–water partition coefficient (Wildman–Crippen LogP) is 3.74.